The molecule has 6 nitrogen and oxygen atoms in total. The molecule has 0 radical (unpaired) electrons. The summed E-state index contributed by atoms with van der Waals surface area (Å²) < 4.78 is 16.2. The van der Waals surface area contributed by atoms with Crippen LogP contribution in [0.5, 0.6) is 28.7 Å². The van der Waals surface area contributed by atoms with Crippen molar-refractivity contribution in [3.63, 3.8) is 0 Å². The van der Waals surface area contributed by atoms with Crippen LogP contribution >= 0.6 is 0 Å². The smallest absolute Gasteiger partial charge is 0.231 e. The van der Waals surface area contributed by atoms with Crippen LogP contribution in [0.4, 0.5) is 0 Å². The highest BCUT2D eigenvalue weighted by Crippen LogP contribution is 2.42. The molecule has 0 saturated heterocycles. The molecule has 1 atom stereocenters. The molecule has 4 rings (SSSR count). The second-order valence-electron chi connectivity index (χ2n) is 6.01. The molecule has 0 saturated carbocycles. The molecule has 0 amide bonds. The minimum Gasteiger partial charge on any atom is -0.507 e. The first-order valence-electron chi connectivity index (χ1n) is 7.65. The van der Waals surface area contributed by atoms with Crippen LogP contribution < -0.4 is 14.2 Å². The van der Waals surface area contributed by atoms with Gasteiger partial charge in [-0.3, -0.25) is 4.79 Å². The van der Waals surface area contributed by atoms with E-state index in [-0.39, 0.29) is 47.6 Å². The van der Waals surface area contributed by atoms with Crippen molar-refractivity contribution in [1.82, 2.24) is 0 Å². The fourth-order valence-electron chi connectivity index (χ4n) is 3.06. The summed E-state index contributed by atoms with van der Waals surface area (Å²) in [5.41, 5.74) is 1.34. The fraction of sp³-hybridized carbons (Fsp3) is 0.278. The summed E-state index contributed by atoms with van der Waals surface area (Å²) in [5.74, 6) is 0.683. The first-order valence-corrected chi connectivity index (χ1v) is 7.65. The Kier molecular flexibility index (Phi) is 3.26. The van der Waals surface area contributed by atoms with E-state index in [1.165, 1.54) is 6.07 Å². The zero-order valence-electron chi connectivity index (χ0n) is 13.0. The van der Waals surface area contributed by atoms with Crippen molar-refractivity contribution in [2.45, 2.75) is 13.3 Å². The average Bonchev–Trinajstić information content (AvgIpc) is 3.03. The van der Waals surface area contributed by atoms with Crippen molar-refractivity contribution in [3.05, 3.63) is 41.0 Å². The van der Waals surface area contributed by atoms with Crippen LogP contribution in [0.15, 0.2) is 24.3 Å². The number of phenolic OH excluding ortho intramolecular Hbond substituents is 2. The van der Waals surface area contributed by atoms with Gasteiger partial charge in [-0.1, -0.05) is 6.07 Å². The van der Waals surface area contributed by atoms with E-state index in [1.54, 1.807) is 6.92 Å². The van der Waals surface area contributed by atoms with Gasteiger partial charge in [-0.2, -0.15) is 0 Å². The van der Waals surface area contributed by atoms with E-state index in [4.69, 9.17) is 14.2 Å². The molecule has 2 aromatic rings. The quantitative estimate of drug-likeness (QED) is 0.881. The van der Waals surface area contributed by atoms with Gasteiger partial charge in [0.15, 0.2) is 17.3 Å². The second kappa shape index (κ2) is 5.33. The van der Waals surface area contributed by atoms with Crippen molar-refractivity contribution < 1.29 is 29.2 Å². The van der Waals surface area contributed by atoms with Crippen LogP contribution in [0.2, 0.25) is 0 Å². The van der Waals surface area contributed by atoms with E-state index < -0.39 is 5.92 Å². The fourth-order valence-corrected chi connectivity index (χ4v) is 3.06. The maximum absolute atomic E-state index is 12.8. The largest absolute Gasteiger partial charge is 0.507 e. The molecule has 0 bridgehead atoms. The predicted molar refractivity (Wildman–Crippen MR) is 84.1 cm³/mol. The third kappa shape index (κ3) is 2.22. The van der Waals surface area contributed by atoms with Crippen LogP contribution in [0.3, 0.4) is 0 Å². The summed E-state index contributed by atoms with van der Waals surface area (Å²) in [7, 11) is 0. The molecular formula is C18H16O6. The minimum atomic E-state index is -0.410. The Bertz CT molecular complexity index is 842. The SMILES string of the molecule is Cc1c(O)cc2c(c1O)C(=O)[C@H](Cc1ccc3c(c1)OCO3)CO2. The number of carbonyl (C=O) groups is 1. The summed E-state index contributed by atoms with van der Waals surface area (Å²) in [6.45, 7) is 1.95. The van der Waals surface area contributed by atoms with Gasteiger partial charge >= 0.3 is 0 Å². The summed E-state index contributed by atoms with van der Waals surface area (Å²) in [6, 6.07) is 6.93. The number of hydrogen-bond donors (Lipinski definition) is 2. The van der Waals surface area contributed by atoms with E-state index in [0.29, 0.717) is 17.9 Å². The highest BCUT2D eigenvalue weighted by Gasteiger charge is 2.33. The van der Waals surface area contributed by atoms with Crippen LogP contribution in [0, 0.1) is 12.8 Å². The van der Waals surface area contributed by atoms with Crippen LogP contribution in [0.1, 0.15) is 21.5 Å². The van der Waals surface area contributed by atoms with Crippen molar-refractivity contribution in [1.29, 1.82) is 0 Å². The Balaban J connectivity index is 1.63. The number of fused-ring (bicyclic) bond motifs is 2. The zero-order valence-corrected chi connectivity index (χ0v) is 13.0. The molecule has 0 fully saturated rings. The molecule has 0 unspecified atom stereocenters. The average molecular weight is 328 g/mol. The Morgan fingerprint density at radius 1 is 1.08 bits per heavy atom. The molecule has 124 valence electrons. The molecule has 2 heterocycles. The number of phenols is 2. The summed E-state index contributed by atoms with van der Waals surface area (Å²) in [5, 5.41) is 20.0. The normalized spacial score (nSPS) is 18.2. The third-order valence-electron chi connectivity index (χ3n) is 4.47. The van der Waals surface area contributed by atoms with Crippen molar-refractivity contribution >= 4 is 5.78 Å². The van der Waals surface area contributed by atoms with E-state index in [0.717, 1.165) is 5.56 Å². The summed E-state index contributed by atoms with van der Waals surface area (Å²) >= 11 is 0. The lowest BCUT2D eigenvalue weighted by molar-refractivity contribution is 0.0825. The van der Waals surface area contributed by atoms with Crippen molar-refractivity contribution in [2.75, 3.05) is 13.4 Å². The maximum Gasteiger partial charge on any atom is 0.231 e. The van der Waals surface area contributed by atoms with Gasteiger partial charge < -0.3 is 24.4 Å². The number of carbonyl (C=O) groups excluding carboxylic acids is 1. The van der Waals surface area contributed by atoms with Gasteiger partial charge in [-0.25, -0.2) is 0 Å². The van der Waals surface area contributed by atoms with Gasteiger partial charge in [0.1, 0.15) is 22.8 Å². The second-order valence-corrected chi connectivity index (χ2v) is 6.01. The number of rotatable bonds is 2. The van der Waals surface area contributed by atoms with Gasteiger partial charge in [0.25, 0.3) is 0 Å². The lowest BCUT2D eigenvalue weighted by Gasteiger charge is -2.25. The Labute approximate surface area is 138 Å². The molecular weight excluding hydrogens is 312 g/mol. The van der Waals surface area contributed by atoms with Crippen LogP contribution in [-0.4, -0.2) is 29.4 Å². The van der Waals surface area contributed by atoms with E-state index >= 15 is 0 Å². The number of ketones is 1. The molecule has 0 spiro atoms. The molecule has 6 heteroatoms. The van der Waals surface area contributed by atoms with Crippen LogP contribution in [0.25, 0.3) is 0 Å². The van der Waals surface area contributed by atoms with Crippen molar-refractivity contribution in [2.24, 2.45) is 5.92 Å². The number of hydrogen-bond acceptors (Lipinski definition) is 6. The first-order chi connectivity index (χ1) is 11.5. The number of Topliss-reactive ketones (excluding diaryl/α,β-unsaturated/α-hetero) is 1. The Morgan fingerprint density at radius 2 is 1.88 bits per heavy atom. The molecule has 2 aliphatic rings. The molecule has 0 aromatic heterocycles. The number of benzene rings is 2. The lowest BCUT2D eigenvalue weighted by atomic mass is 9.88. The van der Waals surface area contributed by atoms with E-state index in [1.807, 2.05) is 18.2 Å². The first kappa shape index (κ1) is 14.7. The molecule has 2 aromatic carbocycles. The molecule has 2 aliphatic heterocycles. The Hall–Kier alpha value is -2.89. The standard InChI is InChI=1S/C18H16O6/c1-9-12(19)6-15-16(17(9)20)18(21)11(7-22-15)4-10-2-3-13-14(5-10)24-8-23-13/h2-3,5-6,11,19-20H,4,7-8H2,1H3/t11-/m1/s1. The molecule has 24 heavy (non-hydrogen) atoms. The maximum atomic E-state index is 12.8. The topological polar surface area (TPSA) is 85.2 Å². The van der Waals surface area contributed by atoms with Crippen LogP contribution in [-0.2, 0) is 6.42 Å². The highest BCUT2D eigenvalue weighted by atomic mass is 16.7. The minimum absolute atomic E-state index is 0.0896. The van der Waals surface area contributed by atoms with Gasteiger partial charge in [-0.05, 0) is 31.0 Å². The van der Waals surface area contributed by atoms with E-state index in [2.05, 4.69) is 0 Å². The molecule has 2 N–H and O–H groups in total. The van der Waals surface area contributed by atoms with Gasteiger partial charge in [0.2, 0.25) is 6.79 Å². The van der Waals surface area contributed by atoms with E-state index in [9.17, 15) is 15.0 Å². The predicted octanol–water partition coefficient (Wildman–Crippen LogP) is 2.57. The lowest BCUT2D eigenvalue weighted by Crippen LogP contribution is -2.29. The zero-order chi connectivity index (χ0) is 16.8. The highest BCUT2D eigenvalue weighted by molar-refractivity contribution is 6.04. The molecule has 0 aliphatic carbocycles. The number of aromatic hydroxyl groups is 2. The number of ether oxygens (including phenoxy) is 3. The third-order valence-corrected chi connectivity index (χ3v) is 4.47. The van der Waals surface area contributed by atoms with Gasteiger partial charge in [0.05, 0.1) is 12.5 Å². The van der Waals surface area contributed by atoms with Crippen molar-refractivity contribution in [3.8, 4) is 28.7 Å². The summed E-state index contributed by atoms with van der Waals surface area (Å²) in [6.07, 6.45) is 0.467. The van der Waals surface area contributed by atoms with Gasteiger partial charge in [0, 0.05) is 11.6 Å². The summed E-state index contributed by atoms with van der Waals surface area (Å²) in [4.78, 5) is 12.8. The van der Waals surface area contributed by atoms with Gasteiger partial charge in [-0.15, -0.1) is 0 Å². The monoisotopic (exact) mass is 328 g/mol. The Morgan fingerprint density at radius 3 is 2.71 bits per heavy atom.